The quantitative estimate of drug-likeness (QED) is 0.524. The lowest BCUT2D eigenvalue weighted by molar-refractivity contribution is -0.122. The van der Waals surface area contributed by atoms with Crippen LogP contribution in [0, 0.1) is 0 Å². The number of rotatable bonds is 0. The summed E-state index contributed by atoms with van der Waals surface area (Å²) in [5.74, 6) is 0. The summed E-state index contributed by atoms with van der Waals surface area (Å²) < 4.78 is 0. The molecular formula is C7H24O2. The molecule has 0 aliphatic carbocycles. The molecule has 0 fully saturated rings. The predicted octanol–water partition coefficient (Wildman–Crippen LogP) is 3.27. The zero-order valence-corrected chi connectivity index (χ0v) is 3.43. The maximum absolute atomic E-state index is 8.36. The monoisotopic (exact) mass is 140 g/mol. The lowest BCUT2D eigenvalue weighted by atomic mass is 11.0. The Balaban J connectivity index is -0.00000000357. The molecule has 1 N–H and O–H groups in total. The Hall–Kier alpha value is -0.530. The molecule has 9 heavy (non-hydrogen) atoms. The molecule has 0 spiro atoms. The molecule has 0 aromatic heterocycles. The molecule has 0 saturated carbocycles. The first kappa shape index (κ1) is 77.5. The largest absolute Gasteiger partial charge is 0.483 e. The lowest BCUT2D eigenvalue weighted by Gasteiger charge is -1.34. The van der Waals surface area contributed by atoms with Crippen molar-refractivity contribution in [3.8, 4) is 0 Å². The van der Waals surface area contributed by atoms with Gasteiger partial charge in [0.15, 0.2) is 0 Å². The summed E-state index contributed by atoms with van der Waals surface area (Å²) in [6.07, 6.45) is 0. The van der Waals surface area contributed by atoms with Crippen molar-refractivity contribution in [2.45, 2.75) is 43.6 Å². The Labute approximate surface area is 60.9 Å². The lowest BCUT2D eigenvalue weighted by Crippen LogP contribution is -1.49. The van der Waals surface area contributed by atoms with E-state index in [0.717, 1.165) is 0 Å². The van der Waals surface area contributed by atoms with E-state index in [9.17, 15) is 0 Å². The fraction of sp³-hybridized carbons (Fsp3) is 0.857. The summed E-state index contributed by atoms with van der Waals surface area (Å²) in [4.78, 5) is 8.36. The van der Waals surface area contributed by atoms with Gasteiger partial charge in [0.1, 0.15) is 0 Å². The second kappa shape index (κ2) is 1420. The minimum absolute atomic E-state index is 0. The fourth-order valence-electron chi connectivity index (χ4n) is 0. The van der Waals surface area contributed by atoms with Gasteiger partial charge in [0, 0.05) is 0 Å². The minimum Gasteiger partial charge on any atom is -0.483 e. The van der Waals surface area contributed by atoms with Crippen LogP contribution in [0.4, 0.5) is 0 Å². The van der Waals surface area contributed by atoms with Crippen LogP contribution in [0.5, 0.6) is 0 Å². The van der Waals surface area contributed by atoms with Gasteiger partial charge in [-0.3, -0.25) is 4.79 Å². The second-order valence-electron chi connectivity index (χ2n) is 0.105. The van der Waals surface area contributed by atoms with Gasteiger partial charge in [0.2, 0.25) is 0 Å². The highest BCUT2D eigenvalue weighted by Crippen LogP contribution is 1.14. The van der Waals surface area contributed by atoms with Gasteiger partial charge < -0.3 is 5.11 Å². The minimum atomic E-state index is -0.250. The third-order valence-corrected chi connectivity index (χ3v) is 0. The van der Waals surface area contributed by atoms with E-state index in [1.54, 1.807) is 0 Å². The van der Waals surface area contributed by atoms with Crippen molar-refractivity contribution in [2.75, 3.05) is 0 Å². The van der Waals surface area contributed by atoms with Crippen molar-refractivity contribution >= 4 is 6.47 Å². The molecule has 0 aliphatic rings. The summed E-state index contributed by atoms with van der Waals surface area (Å²) in [6.45, 7) is 3.75. The fourth-order valence-corrected chi connectivity index (χ4v) is 0. The Morgan fingerprint density at radius 3 is 1.00 bits per heavy atom. The van der Waals surface area contributed by atoms with E-state index >= 15 is 0 Å². The zero-order chi connectivity index (χ0) is 4.71. The standard InChI is InChI=1S/C2H6.CH2O2.4CH4/c1-2;2-1-3;;;;/h1-2H3;1H,(H,2,3);4*1H4. The van der Waals surface area contributed by atoms with E-state index in [1.165, 1.54) is 0 Å². The van der Waals surface area contributed by atoms with Crippen molar-refractivity contribution in [1.82, 2.24) is 0 Å². The predicted molar refractivity (Wildman–Crippen MR) is 47.0 cm³/mol. The maximum atomic E-state index is 8.36. The van der Waals surface area contributed by atoms with Gasteiger partial charge in [0.05, 0.1) is 0 Å². The Bertz CT molecular complexity index is 14.4. The van der Waals surface area contributed by atoms with Gasteiger partial charge in [-0.15, -0.1) is 0 Å². The van der Waals surface area contributed by atoms with Crippen molar-refractivity contribution in [3.05, 3.63) is 0 Å². The summed E-state index contributed by atoms with van der Waals surface area (Å²) in [5, 5.41) is 6.89. The van der Waals surface area contributed by atoms with Gasteiger partial charge in [-0.05, 0) is 0 Å². The van der Waals surface area contributed by atoms with Gasteiger partial charge in [-0.25, -0.2) is 0 Å². The summed E-state index contributed by atoms with van der Waals surface area (Å²) in [5.41, 5.74) is 0. The molecule has 0 radical (unpaired) electrons. The zero-order valence-electron chi connectivity index (χ0n) is 3.43. The first-order valence-corrected chi connectivity index (χ1v) is 1.49. The average Bonchev–Trinajstić information content (AvgIpc) is 1.46. The van der Waals surface area contributed by atoms with Crippen LogP contribution in [0.1, 0.15) is 43.6 Å². The van der Waals surface area contributed by atoms with Crippen LogP contribution >= 0.6 is 0 Å². The smallest absolute Gasteiger partial charge is 0.290 e. The van der Waals surface area contributed by atoms with E-state index in [2.05, 4.69) is 0 Å². The van der Waals surface area contributed by atoms with Crippen molar-refractivity contribution < 1.29 is 9.90 Å². The van der Waals surface area contributed by atoms with E-state index < -0.39 is 0 Å². The highest BCUT2D eigenvalue weighted by Gasteiger charge is 1.22. The molecule has 0 atom stereocenters. The van der Waals surface area contributed by atoms with Crippen LogP contribution in [0.25, 0.3) is 0 Å². The Kier molecular flexibility index (Phi) is 12200. The van der Waals surface area contributed by atoms with Crippen molar-refractivity contribution in [3.63, 3.8) is 0 Å². The van der Waals surface area contributed by atoms with E-state index in [0.29, 0.717) is 0 Å². The van der Waals surface area contributed by atoms with Crippen LogP contribution in [-0.2, 0) is 4.79 Å². The topological polar surface area (TPSA) is 37.3 Å². The SMILES string of the molecule is C.C.C.C.CC.O=CO. The van der Waals surface area contributed by atoms with Crippen molar-refractivity contribution in [1.29, 1.82) is 0 Å². The molecule has 2 nitrogen and oxygen atoms in total. The number of hydrogen-bond donors (Lipinski definition) is 1. The summed E-state index contributed by atoms with van der Waals surface area (Å²) in [6, 6.07) is 0. The van der Waals surface area contributed by atoms with Gasteiger partial charge in [0.25, 0.3) is 6.47 Å². The summed E-state index contributed by atoms with van der Waals surface area (Å²) >= 11 is 0. The molecule has 0 aromatic carbocycles. The van der Waals surface area contributed by atoms with Crippen LogP contribution in [0.2, 0.25) is 0 Å². The molecule has 2 heteroatoms. The molecule has 0 heterocycles. The molecule has 0 aromatic rings. The normalized spacial score (nSPS) is 2.00. The molecule has 0 amide bonds. The van der Waals surface area contributed by atoms with E-state index in [1.807, 2.05) is 13.8 Å². The number of hydrogen-bond acceptors (Lipinski definition) is 1. The molecule has 0 rings (SSSR count). The average molecular weight is 140 g/mol. The van der Waals surface area contributed by atoms with Crippen molar-refractivity contribution in [2.24, 2.45) is 0 Å². The molecule has 0 saturated heterocycles. The van der Waals surface area contributed by atoms with Crippen LogP contribution in [0.3, 0.4) is 0 Å². The Morgan fingerprint density at radius 1 is 1.00 bits per heavy atom. The third kappa shape index (κ3) is 796. The van der Waals surface area contributed by atoms with Crippen LogP contribution in [0.15, 0.2) is 0 Å². The van der Waals surface area contributed by atoms with Crippen LogP contribution < -0.4 is 0 Å². The maximum Gasteiger partial charge on any atom is 0.290 e. The Morgan fingerprint density at radius 2 is 1.00 bits per heavy atom. The third-order valence-electron chi connectivity index (χ3n) is 0. The molecule has 0 bridgehead atoms. The van der Waals surface area contributed by atoms with Gasteiger partial charge in [-0.2, -0.15) is 0 Å². The van der Waals surface area contributed by atoms with Gasteiger partial charge >= 0.3 is 0 Å². The summed E-state index contributed by atoms with van der Waals surface area (Å²) in [7, 11) is 0. The van der Waals surface area contributed by atoms with Gasteiger partial charge in [-0.1, -0.05) is 43.6 Å². The first-order valence-electron chi connectivity index (χ1n) is 1.49. The molecule has 64 valence electrons. The second-order valence-corrected chi connectivity index (χ2v) is 0.105. The molecule has 0 unspecified atom stereocenters. The highest BCUT2D eigenvalue weighted by molar-refractivity contribution is 5.32. The molecular weight excluding hydrogens is 116 g/mol. The number of carboxylic acid groups (broad SMARTS) is 1. The van der Waals surface area contributed by atoms with E-state index in [-0.39, 0.29) is 36.2 Å². The van der Waals surface area contributed by atoms with E-state index in [4.69, 9.17) is 9.90 Å². The number of carbonyl (C=O) groups is 1. The highest BCUT2D eigenvalue weighted by atomic mass is 16.3. The van der Waals surface area contributed by atoms with Crippen LogP contribution in [-0.4, -0.2) is 11.6 Å². The molecule has 0 aliphatic heterocycles. The first-order chi connectivity index (χ1) is 2.41.